The van der Waals surface area contributed by atoms with E-state index < -0.39 is 17.1 Å². The summed E-state index contributed by atoms with van der Waals surface area (Å²) in [6, 6.07) is 0. The van der Waals surface area contributed by atoms with Crippen LogP contribution in [0.3, 0.4) is 0 Å². The number of aromatic amines is 1. The molecule has 0 saturated heterocycles. The Balaban J connectivity index is 1.50. The van der Waals surface area contributed by atoms with Gasteiger partial charge in [0.05, 0.1) is 12.9 Å². The normalized spacial score (nSPS) is 23.1. The van der Waals surface area contributed by atoms with Crippen molar-refractivity contribution in [2.75, 3.05) is 18.9 Å². The number of rotatable bonds is 6. The maximum absolute atomic E-state index is 11.7. The van der Waals surface area contributed by atoms with E-state index in [2.05, 4.69) is 15.0 Å². The summed E-state index contributed by atoms with van der Waals surface area (Å²) in [5.74, 6) is -0.240. The lowest BCUT2D eigenvalue weighted by molar-refractivity contribution is -0.148. The number of nitrogens with one attached hydrogen (secondary N) is 1. The monoisotopic (exact) mass is 322 g/mol. The lowest BCUT2D eigenvalue weighted by Gasteiger charge is -2.11. The Labute approximate surface area is 130 Å². The Kier molecular flexibility index (Phi) is 3.78. The van der Waals surface area contributed by atoms with Crippen molar-refractivity contribution in [2.24, 2.45) is 11.7 Å². The number of nitrogens with zero attached hydrogens (tertiary/aromatic N) is 3. The van der Waals surface area contributed by atoms with Gasteiger partial charge in [-0.05, 0) is 12.3 Å². The quantitative estimate of drug-likeness (QED) is 0.450. The molecule has 2 aromatic rings. The standard InChI is InChI=1S/C13H18N6O4/c1-7-4-13(7,15)11(21)23-3-2-22-6-19-5-16-8-9(19)17-12(14)18-10(8)20/h5,7H,2-4,6,15H2,1H3,(H3,14,17,18,20)/t7?,13-/m1/s1. The van der Waals surface area contributed by atoms with Gasteiger partial charge in [-0.3, -0.25) is 19.1 Å². The summed E-state index contributed by atoms with van der Waals surface area (Å²) in [5.41, 5.74) is 10.6. The summed E-state index contributed by atoms with van der Waals surface area (Å²) in [4.78, 5) is 33.7. The maximum Gasteiger partial charge on any atom is 0.326 e. The van der Waals surface area contributed by atoms with Crippen molar-refractivity contribution in [3.8, 4) is 0 Å². The summed E-state index contributed by atoms with van der Waals surface area (Å²) in [5, 5.41) is 0. The van der Waals surface area contributed by atoms with E-state index in [9.17, 15) is 9.59 Å². The second-order valence-corrected chi connectivity index (χ2v) is 5.66. The van der Waals surface area contributed by atoms with Gasteiger partial charge in [0.15, 0.2) is 11.2 Å². The molecule has 2 aromatic heterocycles. The molecule has 23 heavy (non-hydrogen) atoms. The number of nitrogen functional groups attached to an aromatic ring is 1. The number of hydrogen-bond acceptors (Lipinski definition) is 8. The van der Waals surface area contributed by atoms with Crippen molar-refractivity contribution >= 4 is 23.1 Å². The fourth-order valence-electron chi connectivity index (χ4n) is 2.29. The highest BCUT2D eigenvalue weighted by molar-refractivity contribution is 5.84. The van der Waals surface area contributed by atoms with Crippen LogP contribution < -0.4 is 17.0 Å². The van der Waals surface area contributed by atoms with Crippen molar-refractivity contribution in [1.82, 2.24) is 19.5 Å². The molecule has 3 rings (SSSR count). The van der Waals surface area contributed by atoms with E-state index in [4.69, 9.17) is 20.9 Å². The van der Waals surface area contributed by atoms with Gasteiger partial charge in [0, 0.05) is 0 Å². The Morgan fingerprint density at radius 1 is 1.57 bits per heavy atom. The summed E-state index contributed by atoms with van der Waals surface area (Å²) in [6.07, 6.45) is 2.08. The van der Waals surface area contributed by atoms with E-state index in [1.165, 1.54) is 10.9 Å². The van der Waals surface area contributed by atoms with Crippen molar-refractivity contribution in [2.45, 2.75) is 25.6 Å². The summed E-state index contributed by atoms with van der Waals surface area (Å²) in [7, 11) is 0. The minimum Gasteiger partial charge on any atom is -0.462 e. The highest BCUT2D eigenvalue weighted by Gasteiger charge is 2.55. The van der Waals surface area contributed by atoms with E-state index in [0.717, 1.165) is 0 Å². The molecule has 0 spiro atoms. The van der Waals surface area contributed by atoms with Crippen LogP contribution in [0.1, 0.15) is 13.3 Å². The number of anilines is 1. The Bertz CT molecular complexity index is 799. The van der Waals surface area contributed by atoms with E-state index in [1.807, 2.05) is 6.92 Å². The number of nitrogens with two attached hydrogens (primary N) is 2. The summed E-state index contributed by atoms with van der Waals surface area (Å²) >= 11 is 0. The number of hydrogen-bond donors (Lipinski definition) is 3. The molecule has 124 valence electrons. The van der Waals surface area contributed by atoms with Gasteiger partial charge in [0.1, 0.15) is 18.9 Å². The van der Waals surface area contributed by atoms with Crippen LogP contribution in [0.4, 0.5) is 5.95 Å². The number of ether oxygens (including phenoxy) is 2. The van der Waals surface area contributed by atoms with Crippen LogP contribution in [0.5, 0.6) is 0 Å². The van der Waals surface area contributed by atoms with Crippen LogP contribution >= 0.6 is 0 Å². The minimum atomic E-state index is -0.830. The van der Waals surface area contributed by atoms with Gasteiger partial charge >= 0.3 is 5.97 Å². The second kappa shape index (κ2) is 5.63. The first-order valence-corrected chi connectivity index (χ1v) is 7.16. The van der Waals surface area contributed by atoms with Gasteiger partial charge in [0.2, 0.25) is 5.95 Å². The van der Waals surface area contributed by atoms with Crippen LogP contribution in [-0.4, -0.2) is 44.2 Å². The van der Waals surface area contributed by atoms with E-state index in [0.29, 0.717) is 12.1 Å². The van der Waals surface area contributed by atoms with Crippen molar-refractivity contribution in [3.05, 3.63) is 16.7 Å². The van der Waals surface area contributed by atoms with Crippen LogP contribution in [-0.2, 0) is 21.0 Å². The van der Waals surface area contributed by atoms with Gasteiger partial charge in [-0.15, -0.1) is 0 Å². The molecule has 5 N–H and O–H groups in total. The zero-order valence-electron chi connectivity index (χ0n) is 12.6. The van der Waals surface area contributed by atoms with E-state index >= 15 is 0 Å². The first-order chi connectivity index (χ1) is 10.9. The smallest absolute Gasteiger partial charge is 0.326 e. The largest absolute Gasteiger partial charge is 0.462 e. The fraction of sp³-hybridized carbons (Fsp3) is 0.538. The third-order valence-corrected chi connectivity index (χ3v) is 3.93. The molecule has 1 aliphatic rings. The molecule has 1 fully saturated rings. The predicted molar refractivity (Wildman–Crippen MR) is 80.2 cm³/mol. The number of aromatic nitrogens is 4. The van der Waals surface area contributed by atoms with Gasteiger partial charge in [-0.1, -0.05) is 6.92 Å². The molecule has 0 bridgehead atoms. The van der Waals surface area contributed by atoms with Gasteiger partial charge in [0.25, 0.3) is 5.56 Å². The number of H-pyrrole nitrogens is 1. The van der Waals surface area contributed by atoms with Crippen LogP contribution in [0.25, 0.3) is 11.2 Å². The first-order valence-electron chi connectivity index (χ1n) is 7.16. The lowest BCUT2D eigenvalue weighted by Crippen LogP contribution is -2.37. The van der Waals surface area contributed by atoms with Gasteiger partial charge in [-0.25, -0.2) is 4.98 Å². The molecule has 0 aromatic carbocycles. The Hall–Kier alpha value is -2.46. The molecule has 2 heterocycles. The number of carbonyl (C=O) groups is 1. The zero-order chi connectivity index (χ0) is 16.6. The number of carbonyl (C=O) groups excluding carboxylic acids is 1. The molecular formula is C13H18N6O4. The fourth-order valence-corrected chi connectivity index (χ4v) is 2.29. The maximum atomic E-state index is 11.7. The molecular weight excluding hydrogens is 304 g/mol. The molecule has 1 aliphatic carbocycles. The zero-order valence-corrected chi connectivity index (χ0v) is 12.6. The number of esters is 1. The highest BCUT2D eigenvalue weighted by Crippen LogP contribution is 2.41. The average Bonchev–Trinajstić information content (AvgIpc) is 2.93. The third-order valence-electron chi connectivity index (χ3n) is 3.93. The first kappa shape index (κ1) is 15.4. The Morgan fingerprint density at radius 3 is 3.00 bits per heavy atom. The van der Waals surface area contributed by atoms with Crippen molar-refractivity contribution in [1.29, 1.82) is 0 Å². The summed E-state index contributed by atoms with van der Waals surface area (Å²) < 4.78 is 12.0. The molecule has 0 aliphatic heterocycles. The average molecular weight is 322 g/mol. The predicted octanol–water partition coefficient (Wildman–Crippen LogP) is -1.04. The van der Waals surface area contributed by atoms with Crippen molar-refractivity contribution in [3.63, 3.8) is 0 Å². The van der Waals surface area contributed by atoms with E-state index in [-0.39, 0.29) is 37.3 Å². The Morgan fingerprint density at radius 2 is 2.30 bits per heavy atom. The lowest BCUT2D eigenvalue weighted by atomic mass is 10.2. The minimum absolute atomic E-state index is 0.00461. The van der Waals surface area contributed by atoms with Crippen molar-refractivity contribution < 1.29 is 14.3 Å². The third kappa shape index (κ3) is 2.90. The second-order valence-electron chi connectivity index (χ2n) is 5.66. The molecule has 0 amide bonds. The number of fused-ring (bicyclic) bond motifs is 1. The number of imidazole rings is 1. The molecule has 1 unspecified atom stereocenters. The SMILES string of the molecule is CC1C[C@]1(N)C(=O)OCCOCn1cnc2c(=O)[nH]c(N)nc21. The summed E-state index contributed by atoms with van der Waals surface area (Å²) in [6.45, 7) is 2.30. The van der Waals surface area contributed by atoms with Gasteiger partial charge < -0.3 is 20.9 Å². The molecule has 1 saturated carbocycles. The molecule has 0 radical (unpaired) electrons. The molecule has 10 heteroatoms. The topological polar surface area (TPSA) is 151 Å². The van der Waals surface area contributed by atoms with Crippen LogP contribution in [0.2, 0.25) is 0 Å². The highest BCUT2D eigenvalue weighted by atomic mass is 16.6. The van der Waals surface area contributed by atoms with Crippen LogP contribution in [0, 0.1) is 5.92 Å². The van der Waals surface area contributed by atoms with E-state index in [1.54, 1.807) is 0 Å². The molecule has 10 nitrogen and oxygen atoms in total. The molecule has 2 atom stereocenters. The van der Waals surface area contributed by atoms with Gasteiger partial charge in [-0.2, -0.15) is 4.98 Å². The van der Waals surface area contributed by atoms with Crippen LogP contribution in [0.15, 0.2) is 11.1 Å².